The summed E-state index contributed by atoms with van der Waals surface area (Å²) in [6.45, 7) is 3.55. The average molecular weight is 955 g/mol. The SMILES string of the molecule is CC/C=C\C/C=C\C/C=C\C/C=C\CCCCCCC(=O)OC(COCCCCCCCCCCCCCCCCCC)COC1OC(COC2OC(CO)C(O)C(O)C2O)C(O)C(O)C1O. The topological polar surface area (TPSA) is 214 Å². The summed E-state index contributed by atoms with van der Waals surface area (Å²) in [5, 5.41) is 72.1. The Hall–Kier alpha value is -2.05. The summed E-state index contributed by atoms with van der Waals surface area (Å²) in [6.07, 6.45) is 30.3. The fraction of sp³-hybridized carbons (Fsp3) is 0.830. The highest BCUT2D eigenvalue weighted by atomic mass is 16.7. The molecule has 2 saturated heterocycles. The third kappa shape index (κ3) is 28.4. The summed E-state index contributed by atoms with van der Waals surface area (Å²) in [6, 6.07) is 0. The van der Waals surface area contributed by atoms with Crippen molar-refractivity contribution in [3.05, 3.63) is 48.6 Å². The van der Waals surface area contributed by atoms with E-state index in [1.165, 1.54) is 83.5 Å². The van der Waals surface area contributed by atoms with E-state index in [0.29, 0.717) is 13.0 Å². The maximum atomic E-state index is 13.0. The zero-order chi connectivity index (χ0) is 48.7. The first-order valence-corrected chi connectivity index (χ1v) is 26.2. The van der Waals surface area contributed by atoms with Gasteiger partial charge in [-0.1, -0.05) is 172 Å². The van der Waals surface area contributed by atoms with Crippen LogP contribution in [0, 0.1) is 0 Å². The Bertz CT molecular complexity index is 1290. The summed E-state index contributed by atoms with van der Waals surface area (Å²) in [5.41, 5.74) is 0. The molecule has 67 heavy (non-hydrogen) atoms. The van der Waals surface area contributed by atoms with E-state index >= 15 is 0 Å². The van der Waals surface area contributed by atoms with E-state index in [-0.39, 0.29) is 19.6 Å². The molecule has 14 nitrogen and oxygen atoms in total. The number of aliphatic hydroxyl groups is 7. The molecule has 0 spiro atoms. The predicted octanol–water partition coefficient (Wildman–Crippen LogP) is 7.96. The summed E-state index contributed by atoms with van der Waals surface area (Å²) in [7, 11) is 0. The first kappa shape index (κ1) is 61.1. The van der Waals surface area contributed by atoms with Gasteiger partial charge in [0, 0.05) is 13.0 Å². The highest BCUT2D eigenvalue weighted by Crippen LogP contribution is 2.26. The highest BCUT2D eigenvalue weighted by molar-refractivity contribution is 5.69. The molecule has 11 unspecified atom stereocenters. The zero-order valence-corrected chi connectivity index (χ0v) is 41.4. The molecule has 390 valence electrons. The van der Waals surface area contributed by atoms with Gasteiger partial charge in [0.25, 0.3) is 0 Å². The second-order valence-corrected chi connectivity index (χ2v) is 18.3. The largest absolute Gasteiger partial charge is 0.457 e. The number of esters is 1. The van der Waals surface area contributed by atoms with Crippen LogP contribution in [0.3, 0.4) is 0 Å². The van der Waals surface area contributed by atoms with Crippen molar-refractivity contribution in [2.45, 2.75) is 248 Å². The number of ether oxygens (including phenoxy) is 6. The molecule has 0 aromatic carbocycles. The number of hydrogen-bond donors (Lipinski definition) is 7. The first-order valence-electron chi connectivity index (χ1n) is 26.2. The molecule has 11 atom stereocenters. The van der Waals surface area contributed by atoms with Crippen molar-refractivity contribution >= 4 is 5.97 Å². The van der Waals surface area contributed by atoms with E-state index < -0.39 is 86.7 Å². The van der Waals surface area contributed by atoms with Gasteiger partial charge in [-0.15, -0.1) is 0 Å². The fourth-order valence-electron chi connectivity index (χ4n) is 8.10. The van der Waals surface area contributed by atoms with Crippen LogP contribution in [0.4, 0.5) is 0 Å². The van der Waals surface area contributed by atoms with E-state index in [4.69, 9.17) is 28.4 Å². The van der Waals surface area contributed by atoms with Crippen molar-refractivity contribution in [3.8, 4) is 0 Å². The van der Waals surface area contributed by atoms with Gasteiger partial charge in [0.2, 0.25) is 0 Å². The molecule has 2 aliphatic heterocycles. The van der Waals surface area contributed by atoms with Gasteiger partial charge < -0.3 is 64.2 Å². The monoisotopic (exact) mass is 955 g/mol. The molecule has 2 fully saturated rings. The quantitative estimate of drug-likeness (QED) is 0.0176. The number of allylic oxidation sites excluding steroid dienone is 8. The third-order valence-electron chi connectivity index (χ3n) is 12.4. The van der Waals surface area contributed by atoms with Crippen molar-refractivity contribution in [2.24, 2.45) is 0 Å². The molecule has 2 rings (SSSR count). The lowest BCUT2D eigenvalue weighted by atomic mass is 9.98. The van der Waals surface area contributed by atoms with Gasteiger partial charge in [-0.2, -0.15) is 0 Å². The Labute approximate surface area is 403 Å². The molecule has 0 aromatic rings. The van der Waals surface area contributed by atoms with Crippen LogP contribution in [-0.4, -0.2) is 142 Å². The minimum absolute atomic E-state index is 0.0526. The van der Waals surface area contributed by atoms with Crippen molar-refractivity contribution in [1.29, 1.82) is 0 Å². The van der Waals surface area contributed by atoms with Crippen molar-refractivity contribution in [3.63, 3.8) is 0 Å². The Morgan fingerprint density at radius 2 is 0.970 bits per heavy atom. The average Bonchev–Trinajstić information content (AvgIpc) is 3.32. The van der Waals surface area contributed by atoms with Gasteiger partial charge in [-0.05, 0) is 51.4 Å². The van der Waals surface area contributed by atoms with Gasteiger partial charge in [-0.3, -0.25) is 4.79 Å². The summed E-state index contributed by atoms with van der Waals surface area (Å²) < 4.78 is 34.3. The molecule has 0 saturated carbocycles. The molecule has 0 aliphatic carbocycles. The van der Waals surface area contributed by atoms with Crippen LogP contribution in [0.5, 0.6) is 0 Å². The summed E-state index contributed by atoms with van der Waals surface area (Å²) >= 11 is 0. The van der Waals surface area contributed by atoms with Crippen molar-refractivity contribution in [2.75, 3.05) is 33.0 Å². The van der Waals surface area contributed by atoms with E-state index in [2.05, 4.69) is 62.5 Å². The summed E-state index contributed by atoms with van der Waals surface area (Å²) in [4.78, 5) is 13.0. The van der Waals surface area contributed by atoms with Gasteiger partial charge in [0.15, 0.2) is 12.6 Å². The Balaban J connectivity index is 1.77. The number of hydrogen-bond acceptors (Lipinski definition) is 14. The number of unbranched alkanes of at least 4 members (excludes halogenated alkanes) is 19. The molecule has 0 amide bonds. The summed E-state index contributed by atoms with van der Waals surface area (Å²) in [5.74, 6) is -0.398. The van der Waals surface area contributed by atoms with E-state index in [1.54, 1.807) is 0 Å². The molecule has 0 bridgehead atoms. The van der Waals surface area contributed by atoms with Crippen LogP contribution in [-0.2, 0) is 33.2 Å². The van der Waals surface area contributed by atoms with Gasteiger partial charge >= 0.3 is 5.97 Å². The zero-order valence-electron chi connectivity index (χ0n) is 41.4. The van der Waals surface area contributed by atoms with Crippen molar-refractivity contribution in [1.82, 2.24) is 0 Å². The van der Waals surface area contributed by atoms with Crippen LogP contribution in [0.2, 0.25) is 0 Å². The minimum atomic E-state index is -1.71. The normalized spacial score (nSPS) is 26.5. The molecule has 0 aromatic heterocycles. The second-order valence-electron chi connectivity index (χ2n) is 18.3. The van der Waals surface area contributed by atoms with Crippen LogP contribution in [0.25, 0.3) is 0 Å². The standard InChI is InChI=1S/C53H94O14/c1-3-5-7-9-11-13-15-17-19-21-22-24-26-28-30-32-34-36-45(55)65-42(39-62-37-35-33-31-29-27-25-23-20-18-16-14-12-10-8-6-4-2)40-63-52-51(61)49(59)47(57)44(67-52)41-64-53-50(60)48(58)46(56)43(38-54)66-53/h5,7,11,13,17,19,22,24,42-44,46-54,56-61H,3-4,6,8-10,12,14-16,18,20-21,23,25-41H2,1-2H3/b7-5-,13-11-,19-17-,24-22-. The Kier molecular flexibility index (Phi) is 37.1. The first-order chi connectivity index (χ1) is 32.6. The maximum absolute atomic E-state index is 13.0. The molecule has 14 heteroatoms. The lowest BCUT2D eigenvalue weighted by molar-refractivity contribution is -0.332. The Morgan fingerprint density at radius 1 is 0.507 bits per heavy atom. The van der Waals surface area contributed by atoms with Crippen LogP contribution in [0.15, 0.2) is 48.6 Å². The number of carbonyl (C=O) groups excluding carboxylic acids is 1. The Morgan fingerprint density at radius 3 is 1.52 bits per heavy atom. The highest BCUT2D eigenvalue weighted by Gasteiger charge is 2.47. The number of aliphatic hydroxyl groups excluding tert-OH is 7. The number of carbonyl (C=O) groups is 1. The lowest BCUT2D eigenvalue weighted by Crippen LogP contribution is -2.61. The van der Waals surface area contributed by atoms with E-state index in [1.807, 2.05) is 0 Å². The third-order valence-corrected chi connectivity index (χ3v) is 12.4. The van der Waals surface area contributed by atoms with E-state index in [0.717, 1.165) is 70.6 Å². The predicted molar refractivity (Wildman–Crippen MR) is 261 cm³/mol. The molecular weight excluding hydrogens is 861 g/mol. The minimum Gasteiger partial charge on any atom is -0.457 e. The molecule has 2 aliphatic rings. The maximum Gasteiger partial charge on any atom is 0.306 e. The van der Waals surface area contributed by atoms with Crippen molar-refractivity contribution < 1.29 is 69.0 Å². The lowest BCUT2D eigenvalue weighted by Gasteiger charge is -2.42. The smallest absolute Gasteiger partial charge is 0.306 e. The molecule has 0 radical (unpaired) electrons. The number of rotatable bonds is 41. The van der Waals surface area contributed by atoms with Crippen LogP contribution in [0.1, 0.15) is 181 Å². The van der Waals surface area contributed by atoms with Crippen LogP contribution >= 0.6 is 0 Å². The van der Waals surface area contributed by atoms with Gasteiger partial charge in [0.05, 0.1) is 26.4 Å². The fourth-order valence-corrected chi connectivity index (χ4v) is 8.10. The van der Waals surface area contributed by atoms with Gasteiger partial charge in [0.1, 0.15) is 54.9 Å². The molecule has 7 N–H and O–H groups in total. The van der Waals surface area contributed by atoms with Gasteiger partial charge in [-0.25, -0.2) is 0 Å². The van der Waals surface area contributed by atoms with E-state index in [9.17, 15) is 40.5 Å². The van der Waals surface area contributed by atoms with Crippen LogP contribution < -0.4 is 0 Å². The molecular formula is C53H94O14. The molecule has 2 heterocycles. The second kappa shape index (κ2) is 40.7.